The van der Waals surface area contributed by atoms with E-state index in [0.717, 1.165) is 0 Å². The molecule has 0 spiro atoms. The Labute approximate surface area is 183 Å². The molecular weight excluding hydrogens is 484 g/mol. The summed E-state index contributed by atoms with van der Waals surface area (Å²) in [4.78, 5) is 27.9. The van der Waals surface area contributed by atoms with E-state index in [1.54, 1.807) is 42.5 Å². The molecule has 0 bridgehead atoms. The molecule has 0 aliphatic carbocycles. The van der Waals surface area contributed by atoms with Crippen molar-refractivity contribution in [1.82, 2.24) is 5.32 Å². The van der Waals surface area contributed by atoms with Gasteiger partial charge in [0.1, 0.15) is 0 Å². The lowest BCUT2D eigenvalue weighted by atomic mass is 10.2. The predicted molar refractivity (Wildman–Crippen MR) is 116 cm³/mol. The number of carboxylic acid groups (broad SMARTS) is 1. The average Bonchev–Trinajstić information content (AvgIpc) is 3.01. The molecule has 2 aromatic carbocycles. The van der Waals surface area contributed by atoms with Crippen LogP contribution in [0.1, 0.15) is 5.56 Å². The fourth-order valence-electron chi connectivity index (χ4n) is 2.36. The van der Waals surface area contributed by atoms with E-state index in [9.17, 15) is 9.59 Å². The van der Waals surface area contributed by atoms with Crippen LogP contribution in [-0.4, -0.2) is 35.9 Å². The average molecular weight is 498 g/mol. The van der Waals surface area contributed by atoms with Crippen LogP contribution in [0.2, 0.25) is 5.02 Å². The molecule has 0 aromatic heterocycles. The number of hydrogen-bond donors (Lipinski definition) is 2. The van der Waals surface area contributed by atoms with E-state index in [1.807, 2.05) is 0 Å². The molecule has 1 heterocycles. The maximum Gasteiger partial charge on any atom is 0.341 e. The number of thioether (sulfide) groups is 1. The van der Waals surface area contributed by atoms with Crippen molar-refractivity contribution in [1.29, 1.82) is 0 Å². The number of rotatable bonds is 6. The lowest BCUT2D eigenvalue weighted by Gasteiger charge is -2.12. The molecule has 2 N–H and O–H groups in total. The number of aliphatic imine (C=N–C) groups is 1. The molecule has 7 nitrogen and oxygen atoms in total. The first-order valence-electron chi connectivity index (χ1n) is 8.13. The number of ether oxygens (including phenoxy) is 2. The number of methoxy groups -OCH3 is 1. The lowest BCUT2D eigenvalue weighted by Crippen LogP contribution is -2.19. The van der Waals surface area contributed by atoms with E-state index < -0.39 is 12.6 Å². The Morgan fingerprint density at radius 3 is 2.72 bits per heavy atom. The Hall–Kier alpha value is -2.49. The van der Waals surface area contributed by atoms with E-state index in [4.69, 9.17) is 26.2 Å². The van der Waals surface area contributed by atoms with Crippen molar-refractivity contribution in [2.24, 2.45) is 4.99 Å². The predicted octanol–water partition coefficient (Wildman–Crippen LogP) is 4.47. The molecule has 1 fully saturated rings. The highest BCUT2D eigenvalue weighted by Gasteiger charge is 2.24. The summed E-state index contributed by atoms with van der Waals surface area (Å²) in [6.45, 7) is -0.502. The quantitative estimate of drug-likeness (QED) is 0.572. The van der Waals surface area contributed by atoms with E-state index >= 15 is 0 Å². The Bertz CT molecular complexity index is 1020. The zero-order valence-electron chi connectivity index (χ0n) is 14.9. The number of amides is 1. The number of nitrogens with zero attached hydrogens (tertiary/aromatic N) is 1. The molecule has 3 rings (SSSR count). The minimum Gasteiger partial charge on any atom is -0.493 e. The Balaban J connectivity index is 1.84. The van der Waals surface area contributed by atoms with Gasteiger partial charge < -0.3 is 19.9 Å². The van der Waals surface area contributed by atoms with Crippen LogP contribution in [0.4, 0.5) is 5.69 Å². The third-order valence-electron chi connectivity index (χ3n) is 3.60. The van der Waals surface area contributed by atoms with Crippen molar-refractivity contribution in [2.45, 2.75) is 0 Å². The standard InChI is InChI=1S/C19H14BrClN2O5S/c1-27-14-7-10(6-13(20)17(14)28-9-16(24)25)8-15-18(26)23-19(29-15)22-12-4-2-11(21)3-5-12/h2-8H,9H2,1H3,(H,24,25)(H,22,23,26)/b15-8+. The topological polar surface area (TPSA) is 97.2 Å². The van der Waals surface area contributed by atoms with E-state index in [0.29, 0.717) is 36.6 Å². The second kappa shape index (κ2) is 9.34. The normalized spacial score (nSPS) is 16.2. The smallest absolute Gasteiger partial charge is 0.341 e. The number of carboxylic acids is 1. The molecule has 0 radical (unpaired) electrons. The second-order valence-corrected chi connectivity index (χ2v) is 8.00. The zero-order chi connectivity index (χ0) is 21.0. The van der Waals surface area contributed by atoms with Gasteiger partial charge in [-0.15, -0.1) is 0 Å². The number of hydrogen-bond acceptors (Lipinski definition) is 6. The van der Waals surface area contributed by atoms with E-state index in [1.165, 1.54) is 18.9 Å². The molecule has 2 aromatic rings. The molecule has 1 aliphatic heterocycles. The second-order valence-electron chi connectivity index (χ2n) is 5.67. The van der Waals surface area contributed by atoms with Gasteiger partial charge in [-0.3, -0.25) is 4.79 Å². The van der Waals surface area contributed by atoms with Crippen molar-refractivity contribution in [3.63, 3.8) is 0 Å². The molecule has 29 heavy (non-hydrogen) atoms. The summed E-state index contributed by atoms with van der Waals surface area (Å²) in [5, 5.41) is 12.6. The Morgan fingerprint density at radius 2 is 2.07 bits per heavy atom. The van der Waals surface area contributed by atoms with Gasteiger partial charge in [-0.05, 0) is 75.7 Å². The molecule has 10 heteroatoms. The SMILES string of the molecule is COc1cc(/C=C2/SC(=Nc3ccc(Cl)cc3)NC2=O)cc(Br)c1OCC(=O)O. The number of halogens is 2. The van der Waals surface area contributed by atoms with Crippen LogP contribution < -0.4 is 14.8 Å². The van der Waals surface area contributed by atoms with E-state index in [-0.39, 0.29) is 11.7 Å². The van der Waals surface area contributed by atoms with Crippen LogP contribution in [0.25, 0.3) is 6.08 Å². The van der Waals surface area contributed by atoms with Crippen LogP contribution in [0.15, 0.2) is 50.8 Å². The first kappa shape index (κ1) is 21.2. The summed E-state index contributed by atoms with van der Waals surface area (Å²) in [5.41, 5.74) is 1.34. The third-order valence-corrected chi connectivity index (χ3v) is 5.35. The summed E-state index contributed by atoms with van der Waals surface area (Å²) in [7, 11) is 1.44. The number of benzene rings is 2. The molecule has 0 unspecified atom stereocenters. The number of aliphatic carboxylic acids is 1. The maximum absolute atomic E-state index is 12.3. The van der Waals surface area contributed by atoms with Gasteiger partial charge in [-0.1, -0.05) is 11.6 Å². The lowest BCUT2D eigenvalue weighted by molar-refractivity contribution is -0.139. The first-order valence-corrected chi connectivity index (χ1v) is 10.1. The van der Waals surface area contributed by atoms with Crippen LogP contribution in [0.5, 0.6) is 11.5 Å². The van der Waals surface area contributed by atoms with Gasteiger partial charge in [-0.25, -0.2) is 9.79 Å². The summed E-state index contributed by atoms with van der Waals surface area (Å²) in [6, 6.07) is 10.3. The maximum atomic E-state index is 12.3. The Morgan fingerprint density at radius 1 is 1.34 bits per heavy atom. The fraction of sp³-hybridized carbons (Fsp3) is 0.105. The molecular formula is C19H14BrClN2O5S. The van der Waals surface area contributed by atoms with Crippen molar-refractivity contribution in [3.05, 3.63) is 56.4 Å². The van der Waals surface area contributed by atoms with Crippen LogP contribution in [0.3, 0.4) is 0 Å². The molecule has 1 saturated heterocycles. The van der Waals surface area contributed by atoms with Crippen LogP contribution in [0, 0.1) is 0 Å². The number of nitrogens with one attached hydrogen (secondary N) is 1. The largest absolute Gasteiger partial charge is 0.493 e. The zero-order valence-corrected chi connectivity index (χ0v) is 18.1. The summed E-state index contributed by atoms with van der Waals surface area (Å²) >= 11 is 10.4. The van der Waals surface area contributed by atoms with Crippen molar-refractivity contribution in [2.75, 3.05) is 13.7 Å². The van der Waals surface area contributed by atoms with Gasteiger partial charge in [-0.2, -0.15) is 0 Å². The molecule has 1 amide bonds. The molecule has 1 aliphatic rings. The minimum absolute atomic E-state index is 0.269. The highest BCUT2D eigenvalue weighted by atomic mass is 79.9. The fourth-order valence-corrected chi connectivity index (χ4v) is 3.90. The van der Waals surface area contributed by atoms with Crippen LogP contribution in [-0.2, 0) is 9.59 Å². The number of carbonyl (C=O) groups excluding carboxylic acids is 1. The van der Waals surface area contributed by atoms with Crippen molar-refractivity contribution >= 4 is 68.1 Å². The first-order chi connectivity index (χ1) is 13.9. The van der Waals surface area contributed by atoms with Crippen LogP contribution >= 0.6 is 39.3 Å². The highest BCUT2D eigenvalue weighted by Crippen LogP contribution is 2.38. The van der Waals surface area contributed by atoms with Gasteiger partial charge in [0.2, 0.25) is 0 Å². The number of carbonyl (C=O) groups is 2. The number of amidine groups is 1. The van der Waals surface area contributed by atoms with E-state index in [2.05, 4.69) is 26.2 Å². The monoisotopic (exact) mass is 496 g/mol. The van der Waals surface area contributed by atoms with Gasteiger partial charge >= 0.3 is 5.97 Å². The Kier molecular flexibility index (Phi) is 6.83. The van der Waals surface area contributed by atoms with Gasteiger partial charge in [0.25, 0.3) is 5.91 Å². The van der Waals surface area contributed by atoms with Gasteiger partial charge in [0.05, 0.1) is 22.2 Å². The van der Waals surface area contributed by atoms with Gasteiger partial charge in [0, 0.05) is 5.02 Å². The molecule has 0 saturated carbocycles. The van der Waals surface area contributed by atoms with Crippen molar-refractivity contribution in [3.8, 4) is 11.5 Å². The summed E-state index contributed by atoms with van der Waals surface area (Å²) in [6.07, 6.45) is 1.68. The highest BCUT2D eigenvalue weighted by molar-refractivity contribution is 9.10. The molecule has 0 atom stereocenters. The summed E-state index contributed by atoms with van der Waals surface area (Å²) in [5.74, 6) is -0.766. The van der Waals surface area contributed by atoms with Gasteiger partial charge in [0.15, 0.2) is 23.3 Å². The molecule has 150 valence electrons. The minimum atomic E-state index is -1.10. The van der Waals surface area contributed by atoms with Crippen molar-refractivity contribution < 1.29 is 24.2 Å². The summed E-state index contributed by atoms with van der Waals surface area (Å²) < 4.78 is 11.0. The third kappa shape index (κ3) is 5.53.